The summed E-state index contributed by atoms with van der Waals surface area (Å²) >= 11 is 0. The predicted molar refractivity (Wildman–Crippen MR) is 131 cm³/mol. The number of aromatic nitrogens is 1. The van der Waals surface area contributed by atoms with Crippen LogP contribution in [0.25, 0.3) is 22.4 Å². The molecule has 8 heteroatoms. The number of fused-ring (bicyclic) bond motifs is 1. The smallest absolute Gasteiger partial charge is 0.290 e. The molecule has 3 heterocycles. The lowest BCUT2D eigenvalue weighted by Gasteiger charge is -2.47. The maximum absolute atomic E-state index is 13.5. The van der Waals surface area contributed by atoms with Crippen LogP contribution in [-0.2, 0) is 4.79 Å². The first-order chi connectivity index (χ1) is 16.5. The maximum atomic E-state index is 13.5. The van der Waals surface area contributed by atoms with Crippen LogP contribution in [0, 0.1) is 5.82 Å². The number of hydrogen-bond acceptors (Lipinski definition) is 5. The average Bonchev–Trinajstić information content (AvgIpc) is 3.26. The first-order valence-corrected chi connectivity index (χ1v) is 12.0. The van der Waals surface area contributed by atoms with Crippen molar-refractivity contribution in [2.24, 2.45) is 0 Å². The van der Waals surface area contributed by atoms with E-state index in [0.717, 1.165) is 11.1 Å². The number of piperazine rings is 1. The van der Waals surface area contributed by atoms with E-state index in [9.17, 15) is 19.1 Å². The molecule has 0 saturated carbocycles. The molecule has 1 fully saturated rings. The molecule has 3 aromatic rings. The van der Waals surface area contributed by atoms with Crippen molar-refractivity contribution in [1.29, 1.82) is 0 Å². The summed E-state index contributed by atoms with van der Waals surface area (Å²) in [6.07, 6.45) is -0.679. The molecule has 4 rings (SSSR count). The van der Waals surface area contributed by atoms with Gasteiger partial charge in [0, 0.05) is 36.8 Å². The molecule has 1 aromatic carbocycles. The highest BCUT2D eigenvalue weighted by atomic mass is 19.1. The molecule has 0 aliphatic carbocycles. The molecule has 2 amide bonds. The van der Waals surface area contributed by atoms with Crippen LogP contribution in [0.2, 0.25) is 0 Å². The molecule has 186 valence electrons. The largest absolute Gasteiger partial charge is 0.449 e. The number of aliphatic hydroxyl groups excluding tert-OH is 1. The highest BCUT2D eigenvalue weighted by Crippen LogP contribution is 2.33. The zero-order chi connectivity index (χ0) is 25.5. The van der Waals surface area contributed by atoms with E-state index < -0.39 is 11.6 Å². The number of nitrogens with zero attached hydrogens (tertiary/aromatic N) is 3. The first-order valence-electron chi connectivity index (χ1n) is 12.0. The topological polar surface area (TPSA) is 86.9 Å². The normalized spacial score (nSPS) is 16.7. The summed E-state index contributed by atoms with van der Waals surface area (Å²) in [4.78, 5) is 34.0. The molecular weight excluding hydrogens is 449 g/mol. The summed E-state index contributed by atoms with van der Waals surface area (Å²) in [7, 11) is 0. The van der Waals surface area contributed by atoms with Crippen molar-refractivity contribution in [1.82, 2.24) is 14.8 Å². The number of hydrogen-bond donors (Lipinski definition) is 1. The monoisotopic (exact) mass is 481 g/mol. The molecular formula is C27H32FN3O4. The molecule has 0 unspecified atom stereocenters. The first kappa shape index (κ1) is 24.9. The van der Waals surface area contributed by atoms with Crippen LogP contribution in [0.3, 0.4) is 0 Å². The van der Waals surface area contributed by atoms with E-state index in [1.54, 1.807) is 34.9 Å². The van der Waals surface area contributed by atoms with Crippen molar-refractivity contribution >= 4 is 22.9 Å². The number of aliphatic hydroxyl groups is 1. The third-order valence-corrected chi connectivity index (χ3v) is 6.61. The Hall–Kier alpha value is -3.26. The molecule has 1 atom stereocenters. The predicted octanol–water partition coefficient (Wildman–Crippen LogP) is 4.59. The van der Waals surface area contributed by atoms with Crippen LogP contribution >= 0.6 is 0 Å². The number of pyridine rings is 1. The SMILES string of the molecule is CC[C@@H](O)C(=O)N1CCN(C(=O)c2cc3nc(-c4ccc(F)cc4)cc(C(C)C)c3o2)C(C)(C)C1. The van der Waals surface area contributed by atoms with E-state index in [-0.39, 0.29) is 29.3 Å². The number of furan rings is 1. The third-order valence-electron chi connectivity index (χ3n) is 6.61. The highest BCUT2D eigenvalue weighted by Gasteiger charge is 2.40. The Bertz CT molecular complexity index is 1250. The number of carbonyl (C=O) groups excluding carboxylic acids is 2. The number of carbonyl (C=O) groups is 2. The second-order valence-corrected chi connectivity index (χ2v) is 10.0. The molecule has 35 heavy (non-hydrogen) atoms. The van der Waals surface area contributed by atoms with Crippen LogP contribution < -0.4 is 0 Å². The van der Waals surface area contributed by atoms with E-state index in [1.807, 2.05) is 33.8 Å². The highest BCUT2D eigenvalue weighted by molar-refractivity contribution is 5.97. The third kappa shape index (κ3) is 4.80. The van der Waals surface area contributed by atoms with E-state index in [4.69, 9.17) is 9.40 Å². The number of rotatable bonds is 5. The van der Waals surface area contributed by atoms with Crippen LogP contribution in [0.4, 0.5) is 4.39 Å². The van der Waals surface area contributed by atoms with Gasteiger partial charge in [0.05, 0.1) is 11.2 Å². The second-order valence-electron chi connectivity index (χ2n) is 10.0. The van der Waals surface area contributed by atoms with E-state index in [2.05, 4.69) is 0 Å². The van der Waals surface area contributed by atoms with E-state index in [1.165, 1.54) is 12.1 Å². The van der Waals surface area contributed by atoms with Crippen molar-refractivity contribution in [3.8, 4) is 11.3 Å². The van der Waals surface area contributed by atoms with Crippen molar-refractivity contribution in [2.45, 2.75) is 58.6 Å². The lowest BCUT2D eigenvalue weighted by Crippen LogP contribution is -2.63. The van der Waals surface area contributed by atoms with Crippen molar-refractivity contribution < 1.29 is 23.5 Å². The lowest BCUT2D eigenvalue weighted by atomic mass is 9.97. The Morgan fingerprint density at radius 2 is 1.86 bits per heavy atom. The molecule has 1 aliphatic heterocycles. The van der Waals surface area contributed by atoms with E-state index >= 15 is 0 Å². The summed E-state index contributed by atoms with van der Waals surface area (Å²) < 4.78 is 19.5. The Morgan fingerprint density at radius 1 is 1.17 bits per heavy atom. The zero-order valence-electron chi connectivity index (χ0n) is 20.8. The molecule has 1 aliphatic rings. The molecule has 1 saturated heterocycles. The summed E-state index contributed by atoms with van der Waals surface area (Å²) in [6.45, 7) is 10.6. The van der Waals surface area contributed by atoms with Gasteiger partial charge >= 0.3 is 0 Å². The molecule has 0 radical (unpaired) electrons. The molecule has 1 N–H and O–H groups in total. The van der Waals surface area contributed by atoms with Gasteiger partial charge < -0.3 is 19.3 Å². The van der Waals surface area contributed by atoms with Gasteiger partial charge in [-0.3, -0.25) is 9.59 Å². The molecule has 7 nitrogen and oxygen atoms in total. The summed E-state index contributed by atoms with van der Waals surface area (Å²) in [5.74, 6) is -0.592. The Labute approximate surface area is 204 Å². The van der Waals surface area contributed by atoms with Gasteiger partial charge in [-0.05, 0) is 56.5 Å². The fraction of sp³-hybridized carbons (Fsp3) is 0.444. The van der Waals surface area contributed by atoms with Gasteiger partial charge in [-0.15, -0.1) is 0 Å². The minimum Gasteiger partial charge on any atom is -0.449 e. The van der Waals surface area contributed by atoms with Crippen molar-refractivity contribution in [3.63, 3.8) is 0 Å². The Kier molecular flexibility index (Phi) is 6.68. The van der Waals surface area contributed by atoms with Crippen LogP contribution in [-0.4, -0.2) is 63.0 Å². The second kappa shape index (κ2) is 9.41. The Morgan fingerprint density at radius 3 is 2.46 bits per heavy atom. The molecule has 2 aromatic heterocycles. The van der Waals surface area contributed by atoms with Crippen LogP contribution in [0.15, 0.2) is 40.8 Å². The van der Waals surface area contributed by atoms with Crippen LogP contribution in [0.5, 0.6) is 0 Å². The summed E-state index contributed by atoms with van der Waals surface area (Å²) in [5, 5.41) is 9.96. The van der Waals surface area contributed by atoms with Crippen molar-refractivity contribution in [2.75, 3.05) is 19.6 Å². The quantitative estimate of drug-likeness (QED) is 0.576. The molecule has 0 bridgehead atoms. The van der Waals surface area contributed by atoms with Gasteiger partial charge in [0.25, 0.3) is 11.8 Å². The van der Waals surface area contributed by atoms with Crippen molar-refractivity contribution in [3.05, 3.63) is 53.5 Å². The van der Waals surface area contributed by atoms with Gasteiger partial charge in [0.2, 0.25) is 0 Å². The van der Waals surface area contributed by atoms with Gasteiger partial charge in [-0.1, -0.05) is 20.8 Å². The van der Waals surface area contributed by atoms with Gasteiger partial charge in [0.15, 0.2) is 11.3 Å². The fourth-order valence-electron chi connectivity index (χ4n) is 4.59. The van der Waals surface area contributed by atoms with E-state index in [0.29, 0.717) is 42.8 Å². The Balaban J connectivity index is 1.66. The number of benzene rings is 1. The number of amides is 2. The minimum atomic E-state index is -1.03. The van der Waals surface area contributed by atoms with Gasteiger partial charge in [-0.25, -0.2) is 9.37 Å². The summed E-state index contributed by atoms with van der Waals surface area (Å²) in [5.41, 5.74) is 2.86. The van der Waals surface area contributed by atoms with Crippen LogP contribution in [0.1, 0.15) is 63.1 Å². The minimum absolute atomic E-state index is 0.116. The standard InChI is InChI=1S/C27H32FN3O4/c1-6-22(32)25(33)30-11-12-31(27(4,5)15-30)26(34)23-14-21-24(35-23)19(16(2)3)13-20(29-21)17-7-9-18(28)10-8-17/h7-10,13-14,16,22,32H,6,11-12,15H2,1-5H3/t22-/m1/s1. The fourth-order valence-corrected chi connectivity index (χ4v) is 4.59. The zero-order valence-corrected chi connectivity index (χ0v) is 20.8. The van der Waals surface area contributed by atoms with Gasteiger partial charge in [-0.2, -0.15) is 0 Å². The van der Waals surface area contributed by atoms with Gasteiger partial charge in [0.1, 0.15) is 17.4 Å². The lowest BCUT2D eigenvalue weighted by molar-refractivity contribution is -0.144. The maximum Gasteiger partial charge on any atom is 0.290 e. The summed E-state index contributed by atoms with van der Waals surface area (Å²) in [6, 6.07) is 9.73. The molecule has 0 spiro atoms. The number of halogens is 1. The average molecular weight is 482 g/mol.